The standard InChI is InChI=1S/C15H20N2OS/c1-14(2)8-15(9-16,11-19-10-14)17-12-6-4-5-7-13(12)18-3/h4-7,17H,8,10-11H2,1-3H3. The molecule has 1 unspecified atom stereocenters. The molecule has 19 heavy (non-hydrogen) atoms. The number of hydrogen-bond donors (Lipinski definition) is 1. The van der Waals surface area contributed by atoms with Crippen molar-refractivity contribution >= 4 is 17.4 Å². The molecule has 1 aliphatic heterocycles. The highest BCUT2D eigenvalue weighted by Gasteiger charge is 2.41. The number of nitriles is 1. The molecule has 0 aliphatic carbocycles. The number of ether oxygens (including phenoxy) is 1. The number of hydrogen-bond acceptors (Lipinski definition) is 4. The Morgan fingerprint density at radius 3 is 2.68 bits per heavy atom. The summed E-state index contributed by atoms with van der Waals surface area (Å²) in [5, 5.41) is 13.0. The summed E-state index contributed by atoms with van der Waals surface area (Å²) in [4.78, 5) is 0. The zero-order valence-electron chi connectivity index (χ0n) is 11.7. The van der Waals surface area contributed by atoms with Gasteiger partial charge < -0.3 is 10.1 Å². The summed E-state index contributed by atoms with van der Waals surface area (Å²) in [6.07, 6.45) is 0.849. The molecule has 0 amide bonds. The molecule has 1 saturated heterocycles. The molecule has 0 bridgehead atoms. The molecule has 0 saturated carbocycles. The molecular formula is C15H20N2OS. The third-order valence-electron chi connectivity index (χ3n) is 3.32. The Balaban J connectivity index is 2.26. The van der Waals surface area contributed by atoms with Gasteiger partial charge in [-0.1, -0.05) is 26.0 Å². The maximum atomic E-state index is 9.63. The number of methoxy groups -OCH3 is 1. The summed E-state index contributed by atoms with van der Waals surface area (Å²) in [7, 11) is 1.65. The third kappa shape index (κ3) is 3.16. The molecule has 1 N–H and O–H groups in total. The summed E-state index contributed by atoms with van der Waals surface area (Å²) in [6, 6.07) is 10.2. The normalized spacial score (nSPS) is 25.4. The Morgan fingerprint density at radius 1 is 1.32 bits per heavy atom. The molecule has 1 heterocycles. The fourth-order valence-electron chi connectivity index (χ4n) is 2.61. The van der Waals surface area contributed by atoms with Gasteiger partial charge in [-0.05, 0) is 29.7 Å². The van der Waals surface area contributed by atoms with Crippen LogP contribution in [0.2, 0.25) is 0 Å². The van der Waals surface area contributed by atoms with Gasteiger partial charge in [0.2, 0.25) is 0 Å². The zero-order valence-corrected chi connectivity index (χ0v) is 12.5. The number of anilines is 1. The highest BCUT2D eigenvalue weighted by Crippen LogP contribution is 2.41. The van der Waals surface area contributed by atoms with E-state index in [-0.39, 0.29) is 5.41 Å². The SMILES string of the molecule is COc1ccccc1NC1(C#N)CSCC(C)(C)C1. The van der Waals surface area contributed by atoms with E-state index in [1.165, 1.54) is 0 Å². The van der Waals surface area contributed by atoms with Gasteiger partial charge >= 0.3 is 0 Å². The van der Waals surface area contributed by atoms with Gasteiger partial charge in [-0.25, -0.2) is 0 Å². The average Bonchev–Trinajstić information content (AvgIpc) is 2.38. The third-order valence-corrected chi connectivity index (χ3v) is 5.00. The zero-order chi connectivity index (χ0) is 13.9. The number of rotatable bonds is 3. The first-order valence-electron chi connectivity index (χ1n) is 6.40. The maximum absolute atomic E-state index is 9.63. The lowest BCUT2D eigenvalue weighted by Gasteiger charge is -2.41. The first kappa shape index (κ1) is 14.1. The number of para-hydroxylation sites is 2. The fourth-order valence-corrected chi connectivity index (χ4v) is 3.95. The van der Waals surface area contributed by atoms with Gasteiger partial charge in [-0.15, -0.1) is 0 Å². The Labute approximate surface area is 119 Å². The lowest BCUT2D eigenvalue weighted by Crippen LogP contribution is -2.47. The van der Waals surface area contributed by atoms with Crippen molar-refractivity contribution in [2.45, 2.75) is 25.8 Å². The van der Waals surface area contributed by atoms with Crippen LogP contribution in [0, 0.1) is 16.7 Å². The fraction of sp³-hybridized carbons (Fsp3) is 0.533. The van der Waals surface area contributed by atoms with E-state index in [9.17, 15) is 5.26 Å². The first-order chi connectivity index (χ1) is 9.00. The highest BCUT2D eigenvalue weighted by molar-refractivity contribution is 7.99. The Morgan fingerprint density at radius 2 is 2.05 bits per heavy atom. The van der Waals surface area contributed by atoms with Crippen LogP contribution in [0.4, 0.5) is 5.69 Å². The van der Waals surface area contributed by atoms with Gasteiger partial charge in [0.1, 0.15) is 11.3 Å². The minimum Gasteiger partial charge on any atom is -0.495 e. The van der Waals surface area contributed by atoms with Crippen LogP contribution in [0.3, 0.4) is 0 Å². The quantitative estimate of drug-likeness (QED) is 0.917. The largest absolute Gasteiger partial charge is 0.495 e. The molecule has 1 atom stereocenters. The van der Waals surface area contributed by atoms with Crippen LogP contribution in [0.15, 0.2) is 24.3 Å². The highest BCUT2D eigenvalue weighted by atomic mass is 32.2. The van der Waals surface area contributed by atoms with Crippen LogP contribution in [0.5, 0.6) is 5.75 Å². The second-order valence-electron chi connectivity index (χ2n) is 5.85. The van der Waals surface area contributed by atoms with Crippen molar-refractivity contribution in [2.24, 2.45) is 5.41 Å². The molecule has 0 aromatic heterocycles. The predicted octanol–water partition coefficient (Wildman–Crippen LogP) is 3.53. The second-order valence-corrected chi connectivity index (χ2v) is 6.84. The number of nitrogens with zero attached hydrogens (tertiary/aromatic N) is 1. The summed E-state index contributed by atoms with van der Waals surface area (Å²) in [6.45, 7) is 4.43. The van der Waals surface area contributed by atoms with E-state index < -0.39 is 5.54 Å². The summed E-state index contributed by atoms with van der Waals surface area (Å²) in [5.74, 6) is 2.69. The monoisotopic (exact) mass is 276 g/mol. The second kappa shape index (κ2) is 5.34. The molecule has 2 rings (SSSR count). The van der Waals surface area contributed by atoms with Crippen LogP contribution in [-0.2, 0) is 0 Å². The summed E-state index contributed by atoms with van der Waals surface area (Å²) in [5.41, 5.74) is 0.555. The lowest BCUT2D eigenvalue weighted by molar-refractivity contribution is 0.323. The van der Waals surface area contributed by atoms with E-state index in [0.29, 0.717) is 0 Å². The van der Waals surface area contributed by atoms with Crippen LogP contribution in [0.1, 0.15) is 20.3 Å². The molecule has 102 valence electrons. The van der Waals surface area contributed by atoms with Gasteiger partial charge in [0, 0.05) is 5.75 Å². The minimum atomic E-state index is -0.513. The number of benzene rings is 1. The van der Waals surface area contributed by atoms with Crippen molar-refractivity contribution in [1.29, 1.82) is 5.26 Å². The molecule has 4 heteroatoms. The smallest absolute Gasteiger partial charge is 0.141 e. The average molecular weight is 276 g/mol. The Kier molecular flexibility index (Phi) is 3.96. The van der Waals surface area contributed by atoms with E-state index in [1.54, 1.807) is 7.11 Å². The van der Waals surface area contributed by atoms with E-state index in [2.05, 4.69) is 25.2 Å². The van der Waals surface area contributed by atoms with Crippen molar-refractivity contribution in [3.05, 3.63) is 24.3 Å². The van der Waals surface area contributed by atoms with E-state index >= 15 is 0 Å². The van der Waals surface area contributed by atoms with Gasteiger partial charge in [-0.2, -0.15) is 17.0 Å². The van der Waals surface area contributed by atoms with Crippen LogP contribution < -0.4 is 10.1 Å². The van der Waals surface area contributed by atoms with E-state index in [4.69, 9.17) is 4.74 Å². The maximum Gasteiger partial charge on any atom is 0.141 e. The van der Waals surface area contributed by atoms with E-state index in [1.807, 2.05) is 36.0 Å². The molecule has 1 aliphatic rings. The van der Waals surface area contributed by atoms with Gasteiger partial charge in [-0.3, -0.25) is 0 Å². The molecule has 3 nitrogen and oxygen atoms in total. The number of thioether (sulfide) groups is 1. The molecule has 1 aromatic rings. The van der Waals surface area contributed by atoms with Crippen LogP contribution in [0.25, 0.3) is 0 Å². The molecule has 0 spiro atoms. The van der Waals surface area contributed by atoms with E-state index in [0.717, 1.165) is 29.4 Å². The van der Waals surface area contributed by atoms with Crippen LogP contribution in [-0.4, -0.2) is 24.2 Å². The van der Waals surface area contributed by atoms with Crippen LogP contribution >= 0.6 is 11.8 Å². The molecule has 1 fully saturated rings. The minimum absolute atomic E-state index is 0.174. The van der Waals surface area contributed by atoms with Gasteiger partial charge in [0.15, 0.2) is 0 Å². The van der Waals surface area contributed by atoms with Crippen molar-refractivity contribution in [2.75, 3.05) is 23.9 Å². The van der Waals surface area contributed by atoms with Crippen molar-refractivity contribution in [3.8, 4) is 11.8 Å². The number of nitrogens with one attached hydrogen (secondary N) is 1. The first-order valence-corrected chi connectivity index (χ1v) is 7.56. The van der Waals surface area contributed by atoms with Gasteiger partial charge in [0.25, 0.3) is 0 Å². The predicted molar refractivity (Wildman–Crippen MR) is 80.7 cm³/mol. The van der Waals surface area contributed by atoms with Crippen molar-refractivity contribution < 1.29 is 4.74 Å². The van der Waals surface area contributed by atoms with Crippen molar-refractivity contribution in [3.63, 3.8) is 0 Å². The molecule has 1 aromatic carbocycles. The summed E-state index contributed by atoms with van der Waals surface area (Å²) >= 11 is 1.84. The lowest BCUT2D eigenvalue weighted by atomic mass is 9.80. The Bertz CT molecular complexity index is 495. The summed E-state index contributed by atoms with van der Waals surface area (Å²) < 4.78 is 5.35. The topological polar surface area (TPSA) is 45.0 Å². The molecule has 0 radical (unpaired) electrons. The van der Waals surface area contributed by atoms with Gasteiger partial charge in [0.05, 0.1) is 18.9 Å². The molecular weight excluding hydrogens is 256 g/mol. The Hall–Kier alpha value is -1.34. The van der Waals surface area contributed by atoms with Crippen molar-refractivity contribution in [1.82, 2.24) is 0 Å².